The van der Waals surface area contributed by atoms with Crippen LogP contribution in [0.1, 0.15) is 51.1 Å². The number of alkyl halides is 3. The minimum Gasteiger partial charge on any atom is -0.382 e. The molecule has 2 aromatic carbocycles. The maximum atomic E-state index is 13.5. The molecule has 2 amide bonds. The highest BCUT2D eigenvalue weighted by molar-refractivity contribution is 6.31. The normalized spacial score (nSPS) is 20.9. The van der Waals surface area contributed by atoms with Gasteiger partial charge in [-0.3, -0.25) is 9.59 Å². The Labute approximate surface area is 233 Å². The summed E-state index contributed by atoms with van der Waals surface area (Å²) in [5.41, 5.74) is -1.12. The number of hydrogen-bond donors (Lipinski definition) is 3. The minimum absolute atomic E-state index is 0.0931. The maximum Gasteiger partial charge on any atom is 0.433 e. The van der Waals surface area contributed by atoms with Crippen LogP contribution in [-0.2, 0) is 15.8 Å². The van der Waals surface area contributed by atoms with E-state index in [0.717, 1.165) is 18.9 Å². The number of anilines is 2. The lowest BCUT2D eigenvalue weighted by Crippen LogP contribution is -2.46. The molecule has 3 N–H and O–H groups in total. The van der Waals surface area contributed by atoms with E-state index >= 15 is 0 Å². The number of nitrogens with zero attached hydrogens (tertiary/aromatic N) is 1. The largest absolute Gasteiger partial charge is 0.433 e. The fraction of sp³-hybridized carbons (Fsp3) is 0.414. The summed E-state index contributed by atoms with van der Waals surface area (Å²) >= 11 is 6.11. The Hall–Kier alpha value is -3.40. The van der Waals surface area contributed by atoms with Crippen molar-refractivity contribution in [2.45, 2.75) is 63.7 Å². The fourth-order valence-electron chi connectivity index (χ4n) is 5.38. The number of hydrogen-bond acceptors (Lipinski definition) is 4. The molecule has 1 unspecified atom stereocenters. The average molecular weight is 577 g/mol. The lowest BCUT2D eigenvalue weighted by Gasteiger charge is -2.34. The first kappa shape index (κ1) is 28.1. The molecular formula is C29H29ClF4N4O2. The van der Waals surface area contributed by atoms with E-state index in [4.69, 9.17) is 11.6 Å². The lowest BCUT2D eigenvalue weighted by molar-refractivity contribution is -0.141. The lowest BCUT2D eigenvalue weighted by atomic mass is 9.81. The summed E-state index contributed by atoms with van der Waals surface area (Å²) in [6, 6.07) is 10.8. The average Bonchev–Trinajstić information content (AvgIpc) is 3.72. The second-order valence-electron chi connectivity index (χ2n) is 10.8. The van der Waals surface area contributed by atoms with Gasteiger partial charge >= 0.3 is 6.18 Å². The van der Waals surface area contributed by atoms with Gasteiger partial charge < -0.3 is 16.0 Å². The Bertz CT molecular complexity index is 1420. The standard InChI is InChI=1S/C29H29ClF4N4O2/c1-16(35-24-15-25(29(32,33)34)38-23-11-4-18(30)14-22(23)24)17-2-7-20(8-3-17)36-26(39)28(12-13-28)27(40)37-21-9-5-19(31)6-10-21/h4-6,9-11,14-17,20H,2-3,7-8,12-13H2,1H3,(H,35,38)(H,36,39)(H,37,40)/t16?,17-,20+. The van der Waals surface area contributed by atoms with Crippen molar-refractivity contribution in [1.82, 2.24) is 10.3 Å². The molecule has 2 fully saturated rings. The van der Waals surface area contributed by atoms with E-state index in [1.54, 1.807) is 6.07 Å². The smallest absolute Gasteiger partial charge is 0.382 e. The van der Waals surface area contributed by atoms with Gasteiger partial charge in [-0.05, 0) is 99.9 Å². The molecular weight excluding hydrogens is 548 g/mol. The van der Waals surface area contributed by atoms with Crippen molar-refractivity contribution in [3.8, 4) is 0 Å². The second kappa shape index (κ2) is 10.9. The van der Waals surface area contributed by atoms with Gasteiger partial charge in [0.05, 0.1) is 5.52 Å². The van der Waals surface area contributed by atoms with Crippen molar-refractivity contribution in [2.75, 3.05) is 10.6 Å². The summed E-state index contributed by atoms with van der Waals surface area (Å²) in [7, 11) is 0. The Balaban J connectivity index is 1.18. The molecule has 2 aliphatic carbocycles. The zero-order valence-electron chi connectivity index (χ0n) is 21.7. The van der Waals surface area contributed by atoms with Gasteiger partial charge in [0.1, 0.15) is 16.9 Å². The van der Waals surface area contributed by atoms with Crippen LogP contribution in [0.15, 0.2) is 48.5 Å². The number of fused-ring (bicyclic) bond motifs is 1. The summed E-state index contributed by atoms with van der Waals surface area (Å²) in [4.78, 5) is 29.6. The van der Waals surface area contributed by atoms with E-state index < -0.39 is 29.0 Å². The summed E-state index contributed by atoms with van der Waals surface area (Å²) in [5.74, 6) is -0.948. The van der Waals surface area contributed by atoms with Crippen molar-refractivity contribution in [3.05, 3.63) is 65.1 Å². The van der Waals surface area contributed by atoms with Gasteiger partial charge in [-0.2, -0.15) is 13.2 Å². The van der Waals surface area contributed by atoms with Crippen LogP contribution in [0.4, 0.5) is 28.9 Å². The highest BCUT2D eigenvalue weighted by Gasteiger charge is 2.56. The van der Waals surface area contributed by atoms with Gasteiger partial charge in [-0.15, -0.1) is 0 Å². The van der Waals surface area contributed by atoms with Gasteiger partial charge in [0.2, 0.25) is 11.8 Å². The van der Waals surface area contributed by atoms with Crippen molar-refractivity contribution in [2.24, 2.45) is 11.3 Å². The number of aromatic nitrogens is 1. The van der Waals surface area contributed by atoms with E-state index in [0.29, 0.717) is 47.5 Å². The third-order valence-corrected chi connectivity index (χ3v) is 8.21. The molecule has 3 aromatic rings. The summed E-state index contributed by atoms with van der Waals surface area (Å²) in [5, 5.41) is 9.92. The zero-order valence-corrected chi connectivity index (χ0v) is 22.5. The Morgan fingerprint density at radius 1 is 1.00 bits per heavy atom. The highest BCUT2D eigenvalue weighted by Crippen LogP contribution is 2.47. The molecule has 1 heterocycles. The molecule has 11 heteroatoms. The molecule has 212 valence electrons. The molecule has 0 radical (unpaired) electrons. The number of nitrogens with one attached hydrogen (secondary N) is 3. The monoisotopic (exact) mass is 576 g/mol. The van der Waals surface area contributed by atoms with Crippen LogP contribution in [0.2, 0.25) is 5.02 Å². The second-order valence-corrected chi connectivity index (χ2v) is 11.2. The molecule has 1 aromatic heterocycles. The molecule has 5 rings (SSSR count). The molecule has 0 saturated heterocycles. The SMILES string of the molecule is CC(Nc1cc(C(F)(F)F)nc2ccc(Cl)cc12)[C@H]1CC[C@@H](NC(=O)C2(C(=O)Nc3ccc(F)cc3)CC2)CC1. The third-order valence-electron chi connectivity index (χ3n) is 7.98. The van der Waals surface area contributed by atoms with Crippen molar-refractivity contribution < 1.29 is 27.2 Å². The van der Waals surface area contributed by atoms with Crippen LogP contribution in [0.3, 0.4) is 0 Å². The maximum absolute atomic E-state index is 13.5. The van der Waals surface area contributed by atoms with Gasteiger partial charge in [-0.1, -0.05) is 11.6 Å². The first-order chi connectivity index (χ1) is 18.9. The summed E-state index contributed by atoms with van der Waals surface area (Å²) in [6.07, 6.45) is -0.798. The predicted octanol–water partition coefficient (Wildman–Crippen LogP) is 6.94. The highest BCUT2D eigenvalue weighted by atomic mass is 35.5. The van der Waals surface area contributed by atoms with Crippen molar-refractivity contribution in [1.29, 1.82) is 0 Å². The molecule has 0 aliphatic heterocycles. The number of benzene rings is 2. The van der Waals surface area contributed by atoms with Crippen LogP contribution in [0.5, 0.6) is 0 Å². The number of carbonyl (C=O) groups is 2. The number of amides is 2. The number of pyridine rings is 1. The minimum atomic E-state index is -4.58. The van der Waals surface area contributed by atoms with Crippen molar-refractivity contribution >= 4 is 45.7 Å². The van der Waals surface area contributed by atoms with Gasteiger partial charge in [0.25, 0.3) is 0 Å². The Morgan fingerprint density at radius 3 is 2.30 bits per heavy atom. The summed E-state index contributed by atoms with van der Waals surface area (Å²) < 4.78 is 53.6. The molecule has 0 spiro atoms. The molecule has 40 heavy (non-hydrogen) atoms. The van der Waals surface area contributed by atoms with Crippen molar-refractivity contribution in [3.63, 3.8) is 0 Å². The molecule has 1 atom stereocenters. The van der Waals surface area contributed by atoms with Gasteiger partial charge in [0.15, 0.2) is 0 Å². The number of rotatable bonds is 7. The first-order valence-electron chi connectivity index (χ1n) is 13.3. The van der Waals surface area contributed by atoms with E-state index in [2.05, 4.69) is 20.9 Å². The molecule has 6 nitrogen and oxygen atoms in total. The van der Waals surface area contributed by atoms with Crippen LogP contribution in [0.25, 0.3) is 10.9 Å². The number of halogens is 5. The quantitative estimate of drug-likeness (QED) is 0.210. The van der Waals surface area contributed by atoms with Gasteiger partial charge in [-0.25, -0.2) is 9.37 Å². The fourth-order valence-corrected chi connectivity index (χ4v) is 5.55. The molecule has 0 bridgehead atoms. The molecule has 2 saturated carbocycles. The predicted molar refractivity (Wildman–Crippen MR) is 145 cm³/mol. The van der Waals surface area contributed by atoms with Crippen LogP contribution in [0, 0.1) is 17.2 Å². The van der Waals surface area contributed by atoms with E-state index in [9.17, 15) is 27.2 Å². The zero-order chi connectivity index (χ0) is 28.7. The van der Waals surface area contributed by atoms with Crippen LogP contribution >= 0.6 is 11.6 Å². The van der Waals surface area contributed by atoms with E-state index in [-0.39, 0.29) is 29.4 Å². The number of carbonyl (C=O) groups excluding carboxylic acids is 2. The van der Waals surface area contributed by atoms with E-state index in [1.807, 2.05) is 6.92 Å². The van der Waals surface area contributed by atoms with E-state index in [1.165, 1.54) is 36.4 Å². The van der Waals surface area contributed by atoms with Crippen LogP contribution < -0.4 is 16.0 Å². The van der Waals surface area contributed by atoms with Gasteiger partial charge in [0, 0.05) is 33.9 Å². The van der Waals surface area contributed by atoms with Crippen LogP contribution in [-0.4, -0.2) is 28.9 Å². The Morgan fingerprint density at radius 2 is 1.68 bits per heavy atom. The summed E-state index contributed by atoms with van der Waals surface area (Å²) in [6.45, 7) is 1.94. The Kier molecular flexibility index (Phi) is 7.65. The molecule has 2 aliphatic rings. The third kappa shape index (κ3) is 6.01. The first-order valence-corrected chi connectivity index (χ1v) is 13.6. The topological polar surface area (TPSA) is 83.1 Å².